The lowest BCUT2D eigenvalue weighted by Crippen LogP contribution is -2.37. The molecule has 0 N–H and O–H groups in total. The van der Waals surface area contributed by atoms with Crippen molar-refractivity contribution in [2.75, 3.05) is 26.2 Å². The summed E-state index contributed by atoms with van der Waals surface area (Å²) in [6, 6.07) is 11.2. The van der Waals surface area contributed by atoms with Crippen molar-refractivity contribution in [3.8, 4) is 11.3 Å². The van der Waals surface area contributed by atoms with Crippen molar-refractivity contribution in [1.82, 2.24) is 19.6 Å². The van der Waals surface area contributed by atoms with Crippen LogP contribution in [0, 0.1) is 0 Å². The van der Waals surface area contributed by atoms with Crippen molar-refractivity contribution in [3.05, 3.63) is 42.1 Å². The maximum Gasteiger partial charge on any atom is 0.0968 e. The minimum absolute atomic E-state index is 0.710. The first kappa shape index (κ1) is 16.2. The molecule has 0 radical (unpaired) electrons. The molecule has 0 saturated carbocycles. The maximum absolute atomic E-state index is 4.69. The SMILES string of the molecule is CCN(CC)[C@@H]1CCN(Cc2cn(C)nc2-c2ccccc2)C1. The van der Waals surface area contributed by atoms with Gasteiger partial charge in [0.05, 0.1) is 5.69 Å². The molecule has 1 atom stereocenters. The summed E-state index contributed by atoms with van der Waals surface area (Å²) in [4.78, 5) is 5.16. The average Bonchev–Trinajstić information content (AvgIpc) is 3.17. The molecule has 4 nitrogen and oxygen atoms in total. The molecule has 1 aromatic carbocycles. The number of likely N-dealkylation sites (tertiary alicyclic amines) is 1. The van der Waals surface area contributed by atoms with Gasteiger partial charge in [0.15, 0.2) is 0 Å². The molecule has 124 valence electrons. The average molecular weight is 312 g/mol. The predicted molar refractivity (Wildman–Crippen MR) is 95.2 cm³/mol. The molecule has 0 bridgehead atoms. The largest absolute Gasteiger partial charge is 0.300 e. The van der Waals surface area contributed by atoms with Gasteiger partial charge in [0.25, 0.3) is 0 Å². The van der Waals surface area contributed by atoms with E-state index in [1.165, 1.54) is 30.6 Å². The quantitative estimate of drug-likeness (QED) is 0.819. The van der Waals surface area contributed by atoms with Gasteiger partial charge in [0.1, 0.15) is 0 Å². The highest BCUT2D eigenvalue weighted by atomic mass is 15.3. The fourth-order valence-electron chi connectivity index (χ4n) is 3.73. The summed E-state index contributed by atoms with van der Waals surface area (Å²) in [7, 11) is 2.01. The number of benzene rings is 1. The van der Waals surface area contributed by atoms with Crippen molar-refractivity contribution in [2.45, 2.75) is 32.9 Å². The van der Waals surface area contributed by atoms with Crippen LogP contribution in [-0.2, 0) is 13.6 Å². The molecular weight excluding hydrogens is 284 g/mol. The third-order valence-corrected chi connectivity index (χ3v) is 4.92. The number of hydrogen-bond donors (Lipinski definition) is 0. The molecule has 1 saturated heterocycles. The number of aryl methyl sites for hydroxylation is 1. The molecule has 0 unspecified atom stereocenters. The van der Waals surface area contributed by atoms with E-state index in [4.69, 9.17) is 0 Å². The van der Waals surface area contributed by atoms with Gasteiger partial charge in [-0.2, -0.15) is 5.10 Å². The molecule has 0 amide bonds. The van der Waals surface area contributed by atoms with E-state index in [9.17, 15) is 0 Å². The van der Waals surface area contributed by atoms with Gasteiger partial charge in [-0.25, -0.2) is 0 Å². The summed E-state index contributed by atoms with van der Waals surface area (Å²) in [5.41, 5.74) is 3.67. The fraction of sp³-hybridized carbons (Fsp3) is 0.526. The van der Waals surface area contributed by atoms with Crippen molar-refractivity contribution >= 4 is 0 Å². The van der Waals surface area contributed by atoms with Gasteiger partial charge in [-0.05, 0) is 19.5 Å². The monoisotopic (exact) mass is 312 g/mol. The molecule has 3 rings (SSSR count). The zero-order valence-electron chi connectivity index (χ0n) is 14.6. The van der Waals surface area contributed by atoms with E-state index in [1.807, 2.05) is 11.7 Å². The maximum atomic E-state index is 4.69. The Bertz CT molecular complexity index is 616. The number of aromatic nitrogens is 2. The fourth-order valence-corrected chi connectivity index (χ4v) is 3.73. The first-order valence-electron chi connectivity index (χ1n) is 8.75. The summed E-state index contributed by atoms with van der Waals surface area (Å²) >= 11 is 0. The first-order chi connectivity index (χ1) is 11.2. The minimum atomic E-state index is 0.710. The molecule has 0 aliphatic carbocycles. The van der Waals surface area contributed by atoms with Crippen LogP contribution in [0.1, 0.15) is 25.8 Å². The summed E-state index contributed by atoms with van der Waals surface area (Å²) in [5.74, 6) is 0. The van der Waals surface area contributed by atoms with Crippen LogP contribution in [0.15, 0.2) is 36.5 Å². The van der Waals surface area contributed by atoms with Crippen LogP contribution >= 0.6 is 0 Å². The zero-order chi connectivity index (χ0) is 16.2. The molecule has 2 heterocycles. The summed E-state index contributed by atoms with van der Waals surface area (Å²) in [6.07, 6.45) is 3.45. The molecular formula is C19H28N4. The van der Waals surface area contributed by atoms with E-state index in [1.54, 1.807) is 0 Å². The Morgan fingerprint density at radius 1 is 1.17 bits per heavy atom. The van der Waals surface area contributed by atoms with Crippen LogP contribution in [0.2, 0.25) is 0 Å². The summed E-state index contributed by atoms with van der Waals surface area (Å²) in [6.45, 7) is 10.2. The van der Waals surface area contributed by atoms with Crippen molar-refractivity contribution in [3.63, 3.8) is 0 Å². The molecule has 1 aliphatic rings. The highest BCUT2D eigenvalue weighted by Crippen LogP contribution is 2.25. The normalized spacial score (nSPS) is 18.9. The molecule has 23 heavy (non-hydrogen) atoms. The van der Waals surface area contributed by atoms with Crippen LogP contribution in [0.5, 0.6) is 0 Å². The second-order valence-electron chi connectivity index (χ2n) is 6.44. The third-order valence-electron chi connectivity index (χ3n) is 4.92. The molecule has 2 aromatic rings. The standard InChI is InChI=1S/C19H28N4/c1-4-23(5-2)18-11-12-22(15-18)14-17-13-21(3)20-19(17)16-9-7-6-8-10-16/h6-10,13,18H,4-5,11-12,14-15H2,1-3H3/t18-/m1/s1. The zero-order valence-corrected chi connectivity index (χ0v) is 14.6. The number of likely N-dealkylation sites (N-methyl/N-ethyl adjacent to an activating group) is 1. The van der Waals surface area contributed by atoms with E-state index in [0.29, 0.717) is 6.04 Å². The highest BCUT2D eigenvalue weighted by Gasteiger charge is 2.27. The third kappa shape index (κ3) is 3.65. The lowest BCUT2D eigenvalue weighted by atomic mass is 10.1. The van der Waals surface area contributed by atoms with Crippen molar-refractivity contribution in [1.29, 1.82) is 0 Å². The van der Waals surface area contributed by atoms with Gasteiger partial charge < -0.3 is 0 Å². The van der Waals surface area contributed by atoms with E-state index in [-0.39, 0.29) is 0 Å². The molecule has 1 fully saturated rings. The van der Waals surface area contributed by atoms with Gasteiger partial charge in [0.2, 0.25) is 0 Å². The van der Waals surface area contributed by atoms with Gasteiger partial charge in [-0.1, -0.05) is 44.2 Å². The Hall–Kier alpha value is -1.65. The molecule has 4 heteroatoms. The Morgan fingerprint density at radius 3 is 2.61 bits per heavy atom. The predicted octanol–water partition coefficient (Wildman–Crippen LogP) is 3.00. The van der Waals surface area contributed by atoms with Gasteiger partial charge >= 0.3 is 0 Å². The van der Waals surface area contributed by atoms with E-state index in [2.05, 4.69) is 65.3 Å². The van der Waals surface area contributed by atoms with Crippen LogP contribution in [-0.4, -0.2) is 51.8 Å². The topological polar surface area (TPSA) is 24.3 Å². The van der Waals surface area contributed by atoms with Crippen LogP contribution in [0.25, 0.3) is 11.3 Å². The van der Waals surface area contributed by atoms with Crippen LogP contribution < -0.4 is 0 Å². The lowest BCUT2D eigenvalue weighted by molar-refractivity contribution is 0.209. The lowest BCUT2D eigenvalue weighted by Gasteiger charge is -2.26. The van der Waals surface area contributed by atoms with E-state index in [0.717, 1.165) is 25.3 Å². The van der Waals surface area contributed by atoms with Crippen LogP contribution in [0.3, 0.4) is 0 Å². The number of rotatable bonds is 6. The van der Waals surface area contributed by atoms with Gasteiger partial charge in [-0.15, -0.1) is 0 Å². The Balaban J connectivity index is 1.72. The summed E-state index contributed by atoms with van der Waals surface area (Å²) < 4.78 is 1.94. The van der Waals surface area contributed by atoms with Crippen molar-refractivity contribution < 1.29 is 0 Å². The smallest absolute Gasteiger partial charge is 0.0968 e. The second kappa shape index (κ2) is 7.28. The molecule has 0 spiro atoms. The first-order valence-corrected chi connectivity index (χ1v) is 8.75. The van der Waals surface area contributed by atoms with Gasteiger partial charge in [-0.3, -0.25) is 14.5 Å². The summed E-state index contributed by atoms with van der Waals surface area (Å²) in [5, 5.41) is 4.69. The Labute approximate surface area is 139 Å². The Kier molecular flexibility index (Phi) is 5.13. The minimum Gasteiger partial charge on any atom is -0.300 e. The van der Waals surface area contributed by atoms with E-state index < -0.39 is 0 Å². The number of nitrogens with zero attached hydrogens (tertiary/aromatic N) is 4. The second-order valence-corrected chi connectivity index (χ2v) is 6.44. The van der Waals surface area contributed by atoms with E-state index >= 15 is 0 Å². The molecule has 1 aromatic heterocycles. The number of hydrogen-bond acceptors (Lipinski definition) is 3. The Morgan fingerprint density at radius 2 is 1.91 bits per heavy atom. The molecule has 1 aliphatic heterocycles. The van der Waals surface area contributed by atoms with Gasteiger partial charge in [0, 0.05) is 50.0 Å². The van der Waals surface area contributed by atoms with Crippen LogP contribution in [0.4, 0.5) is 0 Å². The highest BCUT2D eigenvalue weighted by molar-refractivity contribution is 5.62. The van der Waals surface area contributed by atoms with Crippen molar-refractivity contribution in [2.24, 2.45) is 7.05 Å².